The molecule has 2 aromatic heterocycles. The minimum atomic E-state index is -0.135. The van der Waals surface area contributed by atoms with Crippen molar-refractivity contribution < 1.29 is 4.79 Å². The SMILES string of the molecule is CSc1ncc(C(=O)NCCN2CCN(c3ncccn3)CC2)cn1. The first kappa shape index (κ1) is 17.6. The number of carbonyl (C=O) groups is 1. The monoisotopic (exact) mass is 359 g/mol. The van der Waals surface area contributed by atoms with Crippen LogP contribution in [0.5, 0.6) is 0 Å². The molecule has 1 saturated heterocycles. The fraction of sp³-hybridized carbons (Fsp3) is 0.438. The molecule has 0 saturated carbocycles. The van der Waals surface area contributed by atoms with Gasteiger partial charge in [-0.1, -0.05) is 11.8 Å². The Morgan fingerprint density at radius 1 is 1.12 bits per heavy atom. The van der Waals surface area contributed by atoms with Crippen molar-refractivity contribution in [2.24, 2.45) is 0 Å². The maximum Gasteiger partial charge on any atom is 0.254 e. The summed E-state index contributed by atoms with van der Waals surface area (Å²) in [5, 5.41) is 3.58. The normalized spacial score (nSPS) is 15.2. The summed E-state index contributed by atoms with van der Waals surface area (Å²) in [6.45, 7) is 5.06. The summed E-state index contributed by atoms with van der Waals surface area (Å²) in [5.74, 6) is 0.646. The molecule has 0 radical (unpaired) electrons. The standard InChI is InChI=1S/C16H21N7OS/c1-25-16-20-11-13(12-21-16)14(24)17-5-6-22-7-9-23(10-8-22)15-18-3-2-4-19-15/h2-4,11-12H,5-10H2,1H3,(H,17,24). The van der Waals surface area contributed by atoms with Crippen LogP contribution in [0.15, 0.2) is 36.0 Å². The lowest BCUT2D eigenvalue weighted by Crippen LogP contribution is -2.49. The van der Waals surface area contributed by atoms with Gasteiger partial charge < -0.3 is 10.2 Å². The second-order valence-electron chi connectivity index (χ2n) is 5.59. The number of rotatable bonds is 6. The van der Waals surface area contributed by atoms with E-state index in [0.29, 0.717) is 17.3 Å². The molecule has 25 heavy (non-hydrogen) atoms. The highest BCUT2D eigenvalue weighted by Crippen LogP contribution is 2.09. The molecule has 0 unspecified atom stereocenters. The number of nitrogens with one attached hydrogen (secondary N) is 1. The molecule has 0 aromatic carbocycles. The molecule has 1 amide bonds. The number of thioether (sulfide) groups is 1. The molecule has 0 aliphatic carbocycles. The summed E-state index contributed by atoms with van der Waals surface area (Å²) in [7, 11) is 0. The van der Waals surface area contributed by atoms with E-state index in [1.165, 1.54) is 11.8 Å². The number of hydrogen-bond acceptors (Lipinski definition) is 8. The summed E-state index contributed by atoms with van der Waals surface area (Å²) in [4.78, 5) is 33.4. The maximum atomic E-state index is 12.1. The average molecular weight is 359 g/mol. The Morgan fingerprint density at radius 2 is 1.80 bits per heavy atom. The third-order valence-corrected chi connectivity index (χ3v) is 4.57. The first-order valence-corrected chi connectivity index (χ1v) is 9.37. The minimum Gasteiger partial charge on any atom is -0.351 e. The van der Waals surface area contributed by atoms with E-state index in [4.69, 9.17) is 0 Å². The van der Waals surface area contributed by atoms with Gasteiger partial charge in [0.1, 0.15) is 0 Å². The second kappa shape index (κ2) is 8.72. The summed E-state index contributed by atoms with van der Waals surface area (Å²) in [6, 6.07) is 1.82. The zero-order valence-corrected chi connectivity index (χ0v) is 14.9. The number of nitrogens with zero attached hydrogens (tertiary/aromatic N) is 6. The summed E-state index contributed by atoms with van der Waals surface area (Å²) in [6.07, 6.45) is 8.55. The van der Waals surface area contributed by atoms with Crippen LogP contribution in [-0.2, 0) is 0 Å². The number of piperazine rings is 1. The van der Waals surface area contributed by atoms with Gasteiger partial charge in [0, 0.05) is 64.1 Å². The zero-order chi connectivity index (χ0) is 17.5. The smallest absolute Gasteiger partial charge is 0.254 e. The lowest BCUT2D eigenvalue weighted by Gasteiger charge is -2.34. The molecular weight excluding hydrogens is 338 g/mol. The number of amides is 1. The van der Waals surface area contributed by atoms with Gasteiger partial charge in [-0.2, -0.15) is 0 Å². The molecule has 8 nitrogen and oxygen atoms in total. The lowest BCUT2D eigenvalue weighted by molar-refractivity contribution is 0.0947. The van der Waals surface area contributed by atoms with E-state index >= 15 is 0 Å². The predicted octanol–water partition coefficient (Wildman–Crippen LogP) is 0.540. The molecule has 1 aliphatic rings. The highest BCUT2D eigenvalue weighted by Gasteiger charge is 2.18. The van der Waals surface area contributed by atoms with Crippen molar-refractivity contribution in [1.29, 1.82) is 0 Å². The van der Waals surface area contributed by atoms with Gasteiger partial charge in [0.15, 0.2) is 5.16 Å². The highest BCUT2D eigenvalue weighted by atomic mass is 32.2. The van der Waals surface area contributed by atoms with Gasteiger partial charge in [0.05, 0.1) is 5.56 Å². The molecule has 3 heterocycles. The van der Waals surface area contributed by atoms with Gasteiger partial charge in [0.25, 0.3) is 5.91 Å². The van der Waals surface area contributed by atoms with Gasteiger partial charge >= 0.3 is 0 Å². The second-order valence-corrected chi connectivity index (χ2v) is 6.37. The van der Waals surface area contributed by atoms with E-state index in [2.05, 4.69) is 35.1 Å². The number of hydrogen-bond donors (Lipinski definition) is 1. The Balaban J connectivity index is 1.39. The number of carbonyl (C=O) groups excluding carboxylic acids is 1. The first-order valence-electron chi connectivity index (χ1n) is 8.15. The fourth-order valence-corrected chi connectivity index (χ4v) is 2.91. The molecule has 1 aliphatic heterocycles. The van der Waals surface area contributed by atoms with Crippen molar-refractivity contribution in [2.45, 2.75) is 5.16 Å². The predicted molar refractivity (Wildman–Crippen MR) is 96.8 cm³/mol. The lowest BCUT2D eigenvalue weighted by atomic mass is 10.3. The van der Waals surface area contributed by atoms with Crippen LogP contribution in [0.25, 0.3) is 0 Å². The van der Waals surface area contributed by atoms with Crippen LogP contribution in [0.2, 0.25) is 0 Å². The van der Waals surface area contributed by atoms with Crippen molar-refractivity contribution in [1.82, 2.24) is 30.2 Å². The Kier molecular flexibility index (Phi) is 6.13. The fourth-order valence-electron chi connectivity index (χ4n) is 2.59. The van der Waals surface area contributed by atoms with Crippen LogP contribution in [0.1, 0.15) is 10.4 Å². The molecule has 132 valence electrons. The van der Waals surface area contributed by atoms with Crippen molar-refractivity contribution in [2.75, 3.05) is 50.4 Å². The van der Waals surface area contributed by atoms with Gasteiger partial charge in [-0.25, -0.2) is 19.9 Å². The van der Waals surface area contributed by atoms with Crippen LogP contribution in [-0.4, -0.2) is 76.3 Å². The Labute approximate surface area is 151 Å². The van der Waals surface area contributed by atoms with E-state index in [1.54, 1.807) is 24.8 Å². The average Bonchev–Trinajstić information content (AvgIpc) is 2.69. The number of aromatic nitrogens is 4. The third-order valence-electron chi connectivity index (χ3n) is 3.99. The van der Waals surface area contributed by atoms with E-state index in [0.717, 1.165) is 38.7 Å². The van der Waals surface area contributed by atoms with Crippen molar-refractivity contribution in [3.05, 3.63) is 36.4 Å². The zero-order valence-electron chi connectivity index (χ0n) is 14.1. The maximum absolute atomic E-state index is 12.1. The number of anilines is 1. The van der Waals surface area contributed by atoms with Crippen LogP contribution < -0.4 is 10.2 Å². The van der Waals surface area contributed by atoms with E-state index in [1.807, 2.05) is 12.3 Å². The van der Waals surface area contributed by atoms with Crippen LogP contribution in [0.3, 0.4) is 0 Å². The topological polar surface area (TPSA) is 87.1 Å². The summed E-state index contributed by atoms with van der Waals surface area (Å²) < 4.78 is 0. The van der Waals surface area contributed by atoms with Gasteiger partial charge in [0.2, 0.25) is 5.95 Å². The first-order chi connectivity index (χ1) is 12.3. The Morgan fingerprint density at radius 3 is 2.44 bits per heavy atom. The van der Waals surface area contributed by atoms with Crippen LogP contribution in [0.4, 0.5) is 5.95 Å². The highest BCUT2D eigenvalue weighted by molar-refractivity contribution is 7.98. The quantitative estimate of drug-likeness (QED) is 0.591. The Hall–Kier alpha value is -2.26. The molecule has 0 spiro atoms. The molecule has 1 fully saturated rings. The summed E-state index contributed by atoms with van der Waals surface area (Å²) in [5.41, 5.74) is 0.490. The largest absolute Gasteiger partial charge is 0.351 e. The molecule has 0 bridgehead atoms. The molecular formula is C16H21N7OS. The molecule has 3 rings (SSSR count). The third kappa shape index (κ3) is 4.86. The van der Waals surface area contributed by atoms with Crippen LogP contribution >= 0.6 is 11.8 Å². The molecule has 2 aromatic rings. The van der Waals surface area contributed by atoms with Gasteiger partial charge in [-0.3, -0.25) is 9.69 Å². The molecule has 0 atom stereocenters. The molecule has 9 heteroatoms. The van der Waals surface area contributed by atoms with Crippen molar-refractivity contribution in [3.8, 4) is 0 Å². The molecule has 1 N–H and O–H groups in total. The van der Waals surface area contributed by atoms with Gasteiger partial charge in [-0.15, -0.1) is 0 Å². The van der Waals surface area contributed by atoms with E-state index in [-0.39, 0.29) is 5.91 Å². The van der Waals surface area contributed by atoms with Gasteiger partial charge in [-0.05, 0) is 12.3 Å². The van der Waals surface area contributed by atoms with Crippen molar-refractivity contribution in [3.63, 3.8) is 0 Å². The van der Waals surface area contributed by atoms with Crippen molar-refractivity contribution >= 4 is 23.6 Å². The summed E-state index contributed by atoms with van der Waals surface area (Å²) >= 11 is 1.45. The van der Waals surface area contributed by atoms with E-state index < -0.39 is 0 Å². The Bertz CT molecular complexity index is 675. The van der Waals surface area contributed by atoms with Crippen LogP contribution in [0, 0.1) is 0 Å². The van der Waals surface area contributed by atoms with E-state index in [9.17, 15) is 4.79 Å². The minimum absolute atomic E-state index is 0.135.